The standard InChI is InChI=1S/C15H20O6Si/c1-18-13(16)15(14(17)19-2)9-10(15)12(21-22(3,4)5)11-7-6-8-20-11/h6-9,12H,1-5H3. The van der Waals surface area contributed by atoms with Crippen molar-refractivity contribution >= 4 is 20.3 Å². The van der Waals surface area contributed by atoms with Gasteiger partial charge in [0.15, 0.2) is 8.32 Å². The van der Waals surface area contributed by atoms with E-state index in [1.165, 1.54) is 26.6 Å². The zero-order valence-electron chi connectivity index (χ0n) is 13.3. The number of esters is 2. The lowest BCUT2D eigenvalue weighted by Crippen LogP contribution is -2.35. The molecule has 1 unspecified atom stereocenters. The Kier molecular flexibility index (Phi) is 4.30. The van der Waals surface area contributed by atoms with Gasteiger partial charge in [-0.05, 0) is 43.4 Å². The first-order valence-electron chi connectivity index (χ1n) is 6.87. The number of methoxy groups -OCH3 is 2. The van der Waals surface area contributed by atoms with Crippen LogP contribution in [0.2, 0.25) is 19.6 Å². The van der Waals surface area contributed by atoms with Gasteiger partial charge in [-0.15, -0.1) is 0 Å². The lowest BCUT2D eigenvalue weighted by Gasteiger charge is -2.26. The third kappa shape index (κ3) is 2.86. The van der Waals surface area contributed by atoms with E-state index >= 15 is 0 Å². The molecule has 1 heterocycles. The maximum Gasteiger partial charge on any atom is 0.331 e. The SMILES string of the molecule is COC(=O)C1(C(=O)OC)C=C1C(O[Si](C)(C)C)c1ccco1. The van der Waals surface area contributed by atoms with Crippen molar-refractivity contribution in [2.24, 2.45) is 5.41 Å². The van der Waals surface area contributed by atoms with Crippen LogP contribution < -0.4 is 0 Å². The summed E-state index contributed by atoms with van der Waals surface area (Å²) in [6, 6.07) is 3.49. The Balaban J connectivity index is 2.35. The molecule has 0 aliphatic heterocycles. The molecule has 1 aromatic heterocycles. The van der Waals surface area contributed by atoms with Crippen LogP contribution in [-0.4, -0.2) is 34.5 Å². The number of hydrogen-bond donors (Lipinski definition) is 0. The Labute approximate surface area is 130 Å². The first-order chi connectivity index (χ1) is 10.3. The van der Waals surface area contributed by atoms with Gasteiger partial charge in [-0.3, -0.25) is 9.59 Å². The summed E-state index contributed by atoms with van der Waals surface area (Å²) in [7, 11) is 0.512. The highest BCUT2D eigenvalue weighted by atomic mass is 28.4. The van der Waals surface area contributed by atoms with Gasteiger partial charge in [-0.1, -0.05) is 0 Å². The molecular formula is C15H20O6Si. The van der Waals surface area contributed by atoms with Crippen molar-refractivity contribution in [2.45, 2.75) is 25.7 Å². The van der Waals surface area contributed by atoms with Gasteiger partial charge in [-0.2, -0.15) is 0 Å². The number of carbonyl (C=O) groups excluding carboxylic acids is 2. The topological polar surface area (TPSA) is 75.0 Å². The van der Waals surface area contributed by atoms with Crippen molar-refractivity contribution in [3.8, 4) is 0 Å². The van der Waals surface area contributed by atoms with E-state index in [4.69, 9.17) is 18.3 Å². The molecule has 120 valence electrons. The lowest BCUT2D eigenvalue weighted by molar-refractivity contribution is -0.160. The van der Waals surface area contributed by atoms with Crippen LogP contribution >= 0.6 is 0 Å². The van der Waals surface area contributed by atoms with E-state index in [-0.39, 0.29) is 0 Å². The predicted molar refractivity (Wildman–Crippen MR) is 80.4 cm³/mol. The smallest absolute Gasteiger partial charge is 0.331 e. The molecular weight excluding hydrogens is 304 g/mol. The minimum Gasteiger partial charge on any atom is -0.468 e. The van der Waals surface area contributed by atoms with Crippen LogP contribution in [0.5, 0.6) is 0 Å². The summed E-state index contributed by atoms with van der Waals surface area (Å²) in [6.45, 7) is 6.05. The van der Waals surface area contributed by atoms with E-state index < -0.39 is 31.8 Å². The van der Waals surface area contributed by atoms with Crippen LogP contribution in [0.1, 0.15) is 11.9 Å². The fraction of sp³-hybridized carbons (Fsp3) is 0.467. The highest BCUT2D eigenvalue weighted by molar-refractivity contribution is 6.69. The molecule has 0 N–H and O–H groups in total. The van der Waals surface area contributed by atoms with Crippen LogP contribution in [0.4, 0.5) is 0 Å². The third-order valence-electron chi connectivity index (χ3n) is 3.31. The second-order valence-electron chi connectivity index (χ2n) is 6.02. The van der Waals surface area contributed by atoms with E-state index in [0.29, 0.717) is 11.3 Å². The molecule has 0 fully saturated rings. The summed E-state index contributed by atoms with van der Waals surface area (Å²) in [5, 5.41) is 0. The highest BCUT2D eigenvalue weighted by Gasteiger charge is 2.63. The summed E-state index contributed by atoms with van der Waals surface area (Å²) in [6.07, 6.45) is 2.45. The number of ether oxygens (including phenoxy) is 2. The van der Waals surface area contributed by atoms with Crippen LogP contribution in [0.25, 0.3) is 0 Å². The van der Waals surface area contributed by atoms with Crippen molar-refractivity contribution in [1.82, 2.24) is 0 Å². The van der Waals surface area contributed by atoms with Crippen molar-refractivity contribution in [1.29, 1.82) is 0 Å². The van der Waals surface area contributed by atoms with Gasteiger partial charge in [0.1, 0.15) is 11.9 Å². The molecule has 2 rings (SSSR count). The summed E-state index contributed by atoms with van der Waals surface area (Å²) in [4.78, 5) is 24.2. The summed E-state index contributed by atoms with van der Waals surface area (Å²) in [5.41, 5.74) is -0.996. The van der Waals surface area contributed by atoms with Gasteiger partial charge in [0.25, 0.3) is 0 Å². The molecule has 1 aliphatic rings. The molecule has 0 aromatic carbocycles. The van der Waals surface area contributed by atoms with Gasteiger partial charge in [0.2, 0.25) is 5.41 Å². The Morgan fingerprint density at radius 3 is 2.18 bits per heavy atom. The van der Waals surface area contributed by atoms with E-state index in [0.717, 1.165) is 0 Å². The van der Waals surface area contributed by atoms with Crippen molar-refractivity contribution in [3.05, 3.63) is 35.8 Å². The van der Waals surface area contributed by atoms with E-state index in [9.17, 15) is 9.59 Å². The van der Waals surface area contributed by atoms with Crippen molar-refractivity contribution in [3.63, 3.8) is 0 Å². The molecule has 0 amide bonds. The van der Waals surface area contributed by atoms with Crippen molar-refractivity contribution < 1.29 is 27.9 Å². The molecule has 0 spiro atoms. The number of carbonyl (C=O) groups is 2. The first-order valence-corrected chi connectivity index (χ1v) is 10.3. The van der Waals surface area contributed by atoms with Gasteiger partial charge in [0, 0.05) is 0 Å². The molecule has 6 nitrogen and oxygen atoms in total. The van der Waals surface area contributed by atoms with E-state index in [1.54, 1.807) is 12.1 Å². The van der Waals surface area contributed by atoms with Crippen LogP contribution in [-0.2, 0) is 23.5 Å². The minimum atomic E-state index is -1.96. The maximum atomic E-state index is 12.1. The molecule has 0 saturated heterocycles. The second-order valence-corrected chi connectivity index (χ2v) is 10.5. The number of furan rings is 1. The molecule has 1 aromatic rings. The normalized spacial score (nSPS) is 17.4. The molecule has 1 atom stereocenters. The largest absolute Gasteiger partial charge is 0.468 e. The quantitative estimate of drug-likeness (QED) is 0.346. The molecule has 7 heteroatoms. The average molecular weight is 324 g/mol. The molecule has 22 heavy (non-hydrogen) atoms. The van der Waals surface area contributed by atoms with Crippen LogP contribution in [0, 0.1) is 5.41 Å². The van der Waals surface area contributed by atoms with Gasteiger partial charge < -0.3 is 18.3 Å². The van der Waals surface area contributed by atoms with Gasteiger partial charge in [-0.25, -0.2) is 0 Å². The highest BCUT2D eigenvalue weighted by Crippen LogP contribution is 2.54. The molecule has 1 aliphatic carbocycles. The molecule has 0 saturated carbocycles. The van der Waals surface area contributed by atoms with Gasteiger partial charge >= 0.3 is 11.9 Å². The maximum absolute atomic E-state index is 12.1. The zero-order chi connectivity index (χ0) is 16.5. The fourth-order valence-electron chi connectivity index (χ4n) is 2.31. The Morgan fingerprint density at radius 2 is 1.77 bits per heavy atom. The fourth-order valence-corrected chi connectivity index (χ4v) is 3.26. The number of hydrogen-bond acceptors (Lipinski definition) is 6. The minimum absolute atomic E-state index is 0.503. The van der Waals surface area contributed by atoms with E-state index in [2.05, 4.69) is 0 Å². The van der Waals surface area contributed by atoms with Gasteiger partial charge in [0.05, 0.1) is 20.5 Å². The average Bonchev–Trinajstić information content (AvgIpc) is 2.97. The Hall–Kier alpha value is -1.86. The van der Waals surface area contributed by atoms with Crippen LogP contribution in [0.3, 0.4) is 0 Å². The lowest BCUT2D eigenvalue weighted by atomic mass is 9.97. The zero-order valence-corrected chi connectivity index (χ0v) is 14.3. The van der Waals surface area contributed by atoms with Crippen molar-refractivity contribution in [2.75, 3.05) is 14.2 Å². The van der Waals surface area contributed by atoms with E-state index in [1.807, 2.05) is 19.6 Å². The second kappa shape index (κ2) is 5.73. The third-order valence-corrected chi connectivity index (χ3v) is 4.26. The molecule has 0 bridgehead atoms. The summed E-state index contributed by atoms with van der Waals surface area (Å²) < 4.78 is 21.1. The molecule has 0 radical (unpaired) electrons. The number of rotatable bonds is 6. The Morgan fingerprint density at radius 1 is 1.18 bits per heavy atom. The Bertz CT molecular complexity index is 580. The predicted octanol–water partition coefficient (Wildman–Crippen LogP) is 2.44. The summed E-state index contributed by atoms with van der Waals surface area (Å²) in [5.74, 6) is -0.807. The van der Waals surface area contributed by atoms with Crippen LogP contribution in [0.15, 0.2) is 34.5 Å². The summed E-state index contributed by atoms with van der Waals surface area (Å²) >= 11 is 0. The first kappa shape index (κ1) is 16.5. The monoisotopic (exact) mass is 324 g/mol.